The van der Waals surface area contributed by atoms with Gasteiger partial charge in [0.2, 0.25) is 15.9 Å². The Hall–Kier alpha value is -1.40. The van der Waals surface area contributed by atoms with Crippen LogP contribution in [-0.4, -0.2) is 20.4 Å². The van der Waals surface area contributed by atoms with Crippen molar-refractivity contribution >= 4 is 15.9 Å². The lowest BCUT2D eigenvalue weighted by Crippen LogP contribution is -2.31. The van der Waals surface area contributed by atoms with E-state index in [0.29, 0.717) is 6.54 Å². The molecular weight excluding hydrogens is 312 g/mol. The van der Waals surface area contributed by atoms with E-state index in [-0.39, 0.29) is 23.6 Å². The first-order valence-corrected chi connectivity index (χ1v) is 9.86. The predicted octanol–water partition coefficient (Wildman–Crippen LogP) is 2.32. The minimum atomic E-state index is -3.30. The van der Waals surface area contributed by atoms with Crippen molar-refractivity contribution in [2.24, 2.45) is 5.92 Å². The Labute approximate surface area is 138 Å². The van der Waals surface area contributed by atoms with Gasteiger partial charge in [0.25, 0.3) is 0 Å². The van der Waals surface area contributed by atoms with Crippen LogP contribution >= 0.6 is 0 Å². The van der Waals surface area contributed by atoms with Crippen LogP contribution in [0.5, 0.6) is 0 Å². The molecule has 1 aromatic carbocycles. The van der Waals surface area contributed by atoms with E-state index in [1.54, 1.807) is 26.0 Å². The zero-order chi connectivity index (χ0) is 16.9. The maximum atomic E-state index is 12.0. The number of amides is 1. The van der Waals surface area contributed by atoms with Gasteiger partial charge in [0, 0.05) is 18.5 Å². The Kier molecular flexibility index (Phi) is 6.18. The molecule has 1 fully saturated rings. The minimum Gasteiger partial charge on any atom is -0.352 e. The summed E-state index contributed by atoms with van der Waals surface area (Å²) in [5.41, 5.74) is 1.72. The summed E-state index contributed by atoms with van der Waals surface area (Å²) >= 11 is 0. The summed E-state index contributed by atoms with van der Waals surface area (Å²) in [6.07, 6.45) is 4.27. The molecule has 0 saturated heterocycles. The van der Waals surface area contributed by atoms with Crippen molar-refractivity contribution in [1.82, 2.24) is 10.0 Å². The second-order valence-corrected chi connectivity index (χ2v) is 8.30. The Balaban J connectivity index is 1.85. The monoisotopic (exact) mass is 338 g/mol. The number of benzene rings is 1. The number of hydrogen-bond donors (Lipinski definition) is 2. The largest absolute Gasteiger partial charge is 0.352 e. The molecule has 2 N–H and O–H groups in total. The number of carbonyl (C=O) groups is 1. The molecule has 0 aliphatic heterocycles. The molecule has 0 heterocycles. The third-order valence-corrected chi connectivity index (χ3v) is 5.53. The first-order valence-electron chi connectivity index (χ1n) is 8.21. The minimum absolute atomic E-state index is 0.0279. The van der Waals surface area contributed by atoms with Crippen molar-refractivity contribution in [1.29, 1.82) is 0 Å². The van der Waals surface area contributed by atoms with Gasteiger partial charge < -0.3 is 5.32 Å². The molecule has 0 bridgehead atoms. The molecule has 1 amide bonds. The molecule has 0 aromatic heterocycles. The lowest BCUT2D eigenvalue weighted by Gasteiger charge is -2.11. The standard InChI is InChI=1S/C17H26N2O3S/c1-13(2)19-23(21,22)12-15-9-7-14(8-10-15)11-18-17(20)16-5-3-4-6-16/h7-10,13,16,19H,3-6,11-12H2,1-2H3,(H,18,20). The van der Waals surface area contributed by atoms with Gasteiger partial charge in [-0.1, -0.05) is 37.1 Å². The molecule has 5 nitrogen and oxygen atoms in total. The molecule has 128 valence electrons. The Morgan fingerprint density at radius 1 is 1.13 bits per heavy atom. The Morgan fingerprint density at radius 2 is 1.70 bits per heavy atom. The summed E-state index contributed by atoms with van der Waals surface area (Å²) in [5, 5.41) is 2.97. The van der Waals surface area contributed by atoms with Crippen LogP contribution in [0.2, 0.25) is 0 Å². The highest BCUT2D eigenvalue weighted by Gasteiger charge is 2.22. The molecule has 1 aliphatic carbocycles. The third-order valence-electron chi connectivity index (χ3n) is 3.99. The molecule has 23 heavy (non-hydrogen) atoms. The molecular formula is C17H26N2O3S. The highest BCUT2D eigenvalue weighted by atomic mass is 32.2. The fourth-order valence-electron chi connectivity index (χ4n) is 2.90. The third kappa shape index (κ3) is 5.95. The maximum absolute atomic E-state index is 12.0. The average Bonchev–Trinajstić information content (AvgIpc) is 2.98. The van der Waals surface area contributed by atoms with E-state index in [1.165, 1.54) is 0 Å². The van der Waals surface area contributed by atoms with Crippen molar-refractivity contribution in [2.75, 3.05) is 0 Å². The average molecular weight is 338 g/mol. The van der Waals surface area contributed by atoms with Crippen LogP contribution in [-0.2, 0) is 27.1 Å². The van der Waals surface area contributed by atoms with Crippen molar-refractivity contribution in [3.05, 3.63) is 35.4 Å². The van der Waals surface area contributed by atoms with E-state index in [1.807, 2.05) is 12.1 Å². The zero-order valence-electron chi connectivity index (χ0n) is 13.8. The van der Waals surface area contributed by atoms with Crippen LogP contribution in [0.15, 0.2) is 24.3 Å². The zero-order valence-corrected chi connectivity index (χ0v) is 14.7. The van der Waals surface area contributed by atoms with Crippen LogP contribution in [0.4, 0.5) is 0 Å². The van der Waals surface area contributed by atoms with Crippen LogP contribution in [0.3, 0.4) is 0 Å². The summed E-state index contributed by atoms with van der Waals surface area (Å²) in [6, 6.07) is 7.24. The van der Waals surface area contributed by atoms with Gasteiger partial charge in [-0.25, -0.2) is 13.1 Å². The molecule has 0 radical (unpaired) electrons. The second kappa shape index (κ2) is 7.93. The quantitative estimate of drug-likeness (QED) is 0.801. The molecule has 2 rings (SSSR count). The maximum Gasteiger partial charge on any atom is 0.223 e. The highest BCUT2D eigenvalue weighted by molar-refractivity contribution is 7.88. The van der Waals surface area contributed by atoms with Gasteiger partial charge in [-0.15, -0.1) is 0 Å². The SMILES string of the molecule is CC(C)NS(=O)(=O)Cc1ccc(CNC(=O)C2CCCC2)cc1. The fourth-order valence-corrected chi connectivity index (χ4v) is 4.33. The van der Waals surface area contributed by atoms with Gasteiger partial charge in [0.1, 0.15) is 0 Å². The van der Waals surface area contributed by atoms with Gasteiger partial charge in [0.05, 0.1) is 5.75 Å². The van der Waals surface area contributed by atoms with Crippen molar-refractivity contribution in [3.8, 4) is 0 Å². The molecule has 0 atom stereocenters. The summed E-state index contributed by atoms with van der Waals surface area (Å²) in [5.74, 6) is 0.275. The van der Waals surface area contributed by atoms with Crippen molar-refractivity contribution in [2.45, 2.75) is 57.9 Å². The van der Waals surface area contributed by atoms with Crippen LogP contribution in [0.25, 0.3) is 0 Å². The van der Waals surface area contributed by atoms with Gasteiger partial charge in [-0.2, -0.15) is 0 Å². The van der Waals surface area contributed by atoms with E-state index >= 15 is 0 Å². The van der Waals surface area contributed by atoms with Crippen molar-refractivity contribution in [3.63, 3.8) is 0 Å². The highest BCUT2D eigenvalue weighted by Crippen LogP contribution is 2.24. The van der Waals surface area contributed by atoms with E-state index < -0.39 is 10.0 Å². The normalized spacial score (nSPS) is 16.0. The summed E-state index contributed by atoms with van der Waals surface area (Å²) in [4.78, 5) is 12.0. The molecule has 6 heteroatoms. The lowest BCUT2D eigenvalue weighted by molar-refractivity contribution is -0.124. The topological polar surface area (TPSA) is 75.3 Å². The fraction of sp³-hybridized carbons (Fsp3) is 0.588. The molecule has 1 aromatic rings. The first kappa shape index (κ1) is 17.9. The van der Waals surface area contributed by atoms with Gasteiger partial charge in [-0.3, -0.25) is 4.79 Å². The summed E-state index contributed by atoms with van der Waals surface area (Å²) in [7, 11) is -3.30. The summed E-state index contributed by atoms with van der Waals surface area (Å²) in [6.45, 7) is 4.09. The molecule has 0 spiro atoms. The smallest absolute Gasteiger partial charge is 0.223 e. The molecule has 1 aliphatic rings. The van der Waals surface area contributed by atoms with E-state index in [4.69, 9.17) is 0 Å². The first-order chi connectivity index (χ1) is 10.9. The Morgan fingerprint density at radius 3 is 2.26 bits per heavy atom. The Bertz CT molecular complexity index is 618. The summed E-state index contributed by atoms with van der Waals surface area (Å²) < 4.78 is 26.3. The number of rotatable bonds is 7. The van der Waals surface area contributed by atoms with E-state index in [9.17, 15) is 13.2 Å². The van der Waals surface area contributed by atoms with Gasteiger partial charge >= 0.3 is 0 Å². The van der Waals surface area contributed by atoms with Crippen LogP contribution < -0.4 is 10.0 Å². The van der Waals surface area contributed by atoms with E-state index in [0.717, 1.165) is 36.8 Å². The molecule has 1 saturated carbocycles. The van der Waals surface area contributed by atoms with Gasteiger partial charge in [-0.05, 0) is 37.8 Å². The number of nitrogens with one attached hydrogen (secondary N) is 2. The molecule has 0 unspecified atom stereocenters. The lowest BCUT2D eigenvalue weighted by atomic mass is 10.1. The van der Waals surface area contributed by atoms with Gasteiger partial charge in [0.15, 0.2) is 0 Å². The number of carbonyl (C=O) groups excluding carboxylic acids is 1. The van der Waals surface area contributed by atoms with Crippen LogP contribution in [0, 0.1) is 5.92 Å². The second-order valence-electron chi connectivity index (χ2n) is 6.55. The number of sulfonamides is 1. The predicted molar refractivity (Wildman–Crippen MR) is 91.1 cm³/mol. The van der Waals surface area contributed by atoms with Crippen molar-refractivity contribution < 1.29 is 13.2 Å². The number of hydrogen-bond acceptors (Lipinski definition) is 3. The van der Waals surface area contributed by atoms with E-state index in [2.05, 4.69) is 10.0 Å². The van der Waals surface area contributed by atoms with Crippen LogP contribution in [0.1, 0.15) is 50.7 Å².